The number of nitrogens with zero attached hydrogens (tertiary/aromatic N) is 8. The summed E-state index contributed by atoms with van der Waals surface area (Å²) in [4.78, 5) is 37.5. The summed E-state index contributed by atoms with van der Waals surface area (Å²) in [7, 11) is 1.41. The van der Waals surface area contributed by atoms with E-state index in [4.69, 9.17) is 28.3 Å². The second-order valence-electron chi connectivity index (χ2n) is 8.95. The van der Waals surface area contributed by atoms with E-state index in [1.165, 1.54) is 24.3 Å². The fourth-order valence-corrected chi connectivity index (χ4v) is 5.21. The molecule has 39 heavy (non-hydrogen) atoms. The number of aromatic nitrogens is 8. The third-order valence-electron chi connectivity index (χ3n) is 6.67. The average Bonchev–Trinajstić information content (AvgIpc) is 3.68. The van der Waals surface area contributed by atoms with Gasteiger partial charge in [-0.1, -0.05) is 23.2 Å². The van der Waals surface area contributed by atoms with Crippen molar-refractivity contribution in [1.82, 2.24) is 39.7 Å². The third kappa shape index (κ3) is 4.43. The number of tetrazole rings is 1. The molecule has 2 N–H and O–H groups in total. The quantitative estimate of drug-likeness (QED) is 0.322. The molecule has 0 unspecified atom stereocenters. The molecule has 14 heteroatoms. The van der Waals surface area contributed by atoms with Crippen LogP contribution in [0.3, 0.4) is 0 Å². The number of hydrogen-bond acceptors (Lipinski definition) is 7. The maximum absolute atomic E-state index is 13.5. The Balaban J connectivity index is 1.35. The molecule has 1 aliphatic rings. The molecule has 0 aliphatic carbocycles. The van der Waals surface area contributed by atoms with Crippen LogP contribution < -0.4 is 10.5 Å². The lowest BCUT2D eigenvalue weighted by Gasteiger charge is -2.15. The van der Waals surface area contributed by atoms with Gasteiger partial charge in [0, 0.05) is 41.2 Å². The number of carbonyl (C=O) groups is 1. The lowest BCUT2D eigenvalue weighted by molar-refractivity contribution is 0.203. The minimum Gasteiger partial charge on any atom is -0.465 e. The summed E-state index contributed by atoms with van der Waals surface area (Å²) in [6, 6.07) is 11.8. The molecule has 0 spiro atoms. The zero-order valence-electron chi connectivity index (χ0n) is 20.3. The first-order valence-electron chi connectivity index (χ1n) is 11.8. The topological polar surface area (TPSA) is 148 Å². The molecule has 0 bridgehead atoms. The van der Waals surface area contributed by atoms with Crippen LogP contribution in [0.25, 0.3) is 28.2 Å². The number of hydrogen-bond donors (Lipinski definition) is 2. The number of aryl methyl sites for hydroxylation is 1. The Kier molecular flexibility index (Phi) is 6.12. The lowest BCUT2D eigenvalue weighted by Crippen LogP contribution is -2.24. The molecule has 6 rings (SSSR count). The number of H-pyrrole nitrogens is 1. The monoisotopic (exact) mass is 563 g/mol. The van der Waals surface area contributed by atoms with E-state index in [0.29, 0.717) is 46.2 Å². The summed E-state index contributed by atoms with van der Waals surface area (Å²) < 4.78 is 3.24. The van der Waals surface area contributed by atoms with Crippen molar-refractivity contribution in [2.75, 3.05) is 11.9 Å². The number of aromatic amines is 1. The van der Waals surface area contributed by atoms with Gasteiger partial charge < -0.3 is 14.7 Å². The summed E-state index contributed by atoms with van der Waals surface area (Å²) in [5.74, 6) is 0.745. The van der Waals surface area contributed by atoms with Crippen molar-refractivity contribution in [3.8, 4) is 28.2 Å². The highest BCUT2D eigenvalue weighted by Gasteiger charge is 2.30. The van der Waals surface area contributed by atoms with E-state index in [1.54, 1.807) is 41.0 Å². The number of amides is 1. The van der Waals surface area contributed by atoms with Crippen molar-refractivity contribution in [1.29, 1.82) is 0 Å². The Morgan fingerprint density at radius 2 is 2.00 bits per heavy atom. The Labute approximate surface area is 230 Å². The molecule has 12 nitrogen and oxygen atoms in total. The molecule has 5 aromatic rings. The maximum Gasteiger partial charge on any atom is 0.412 e. The van der Waals surface area contributed by atoms with Crippen molar-refractivity contribution in [2.45, 2.75) is 18.9 Å². The first kappa shape index (κ1) is 24.8. The number of anilines is 1. The van der Waals surface area contributed by atoms with Crippen molar-refractivity contribution < 1.29 is 9.90 Å². The molecule has 1 atom stereocenters. The first-order valence-corrected chi connectivity index (χ1v) is 12.5. The van der Waals surface area contributed by atoms with Crippen LogP contribution >= 0.6 is 23.2 Å². The summed E-state index contributed by atoms with van der Waals surface area (Å²) in [5.41, 5.74) is 4.02. The molecule has 4 aromatic heterocycles. The van der Waals surface area contributed by atoms with E-state index >= 15 is 0 Å². The van der Waals surface area contributed by atoms with Gasteiger partial charge in [0.15, 0.2) is 5.15 Å². The average molecular weight is 564 g/mol. The zero-order valence-corrected chi connectivity index (χ0v) is 21.8. The molecule has 5 heterocycles. The fraction of sp³-hybridized carbons (Fsp3) is 0.160. The Hall–Kier alpha value is -4.55. The summed E-state index contributed by atoms with van der Waals surface area (Å²) in [5, 5.41) is 21.3. The van der Waals surface area contributed by atoms with E-state index in [0.717, 1.165) is 16.2 Å². The number of pyridine rings is 2. The van der Waals surface area contributed by atoms with E-state index < -0.39 is 6.09 Å². The van der Waals surface area contributed by atoms with E-state index in [9.17, 15) is 9.59 Å². The molecule has 1 aliphatic heterocycles. The lowest BCUT2D eigenvalue weighted by atomic mass is 10.0. The minimum atomic E-state index is -1.12. The van der Waals surface area contributed by atoms with Gasteiger partial charge in [-0.3, -0.25) is 9.69 Å². The summed E-state index contributed by atoms with van der Waals surface area (Å²) in [6.07, 6.45) is 3.18. The van der Waals surface area contributed by atoms with Gasteiger partial charge in [0.05, 0.1) is 17.4 Å². The second kappa shape index (κ2) is 9.64. The van der Waals surface area contributed by atoms with Gasteiger partial charge in [0.2, 0.25) is 0 Å². The van der Waals surface area contributed by atoms with E-state index in [2.05, 4.69) is 30.5 Å². The first-order chi connectivity index (χ1) is 18.8. The standard InChI is InChI=1S/C25H19Cl2N9O3/c1-34(25(38)39)20-7-2-13(11-28-20)24-30-22(23(27)31-24)19-6-4-16-8-14(9-21(37)36(16)19)17-10-15(26)3-5-18(17)35-12-29-32-33-35/h2-3,5,7-12,19H,4,6H2,1H3,(H,30,31)(H,38,39)/t19-/m0/s1. The third-order valence-corrected chi connectivity index (χ3v) is 7.19. The fourth-order valence-electron chi connectivity index (χ4n) is 4.78. The molecule has 0 saturated carbocycles. The second-order valence-corrected chi connectivity index (χ2v) is 9.74. The van der Waals surface area contributed by atoms with Crippen LogP contribution in [0.1, 0.15) is 23.9 Å². The molecule has 1 amide bonds. The van der Waals surface area contributed by atoms with Gasteiger partial charge in [-0.15, -0.1) is 5.10 Å². The number of halogens is 2. The van der Waals surface area contributed by atoms with E-state index in [-0.39, 0.29) is 22.6 Å². The van der Waals surface area contributed by atoms with Crippen LogP contribution in [0.15, 0.2) is 59.8 Å². The largest absolute Gasteiger partial charge is 0.465 e. The smallest absolute Gasteiger partial charge is 0.412 e. The SMILES string of the molecule is CN(C(=O)O)c1ccc(-c2nc(Cl)c([C@@H]3CCc4cc(-c5cc(Cl)ccc5-n5cnnn5)cc(=O)n43)[nH]2)cn1. The molecule has 1 aromatic carbocycles. The highest BCUT2D eigenvalue weighted by molar-refractivity contribution is 6.31. The van der Waals surface area contributed by atoms with Crippen molar-refractivity contribution in [3.05, 3.63) is 86.9 Å². The maximum atomic E-state index is 13.5. The van der Waals surface area contributed by atoms with Gasteiger partial charge in [0.1, 0.15) is 18.0 Å². The molecular weight excluding hydrogens is 545 g/mol. The number of imidazole rings is 1. The van der Waals surface area contributed by atoms with Gasteiger partial charge in [-0.2, -0.15) is 4.68 Å². The van der Waals surface area contributed by atoms with Gasteiger partial charge >= 0.3 is 6.09 Å². The van der Waals surface area contributed by atoms with Crippen LogP contribution in [-0.2, 0) is 6.42 Å². The Bertz CT molecular complexity index is 1760. The normalized spacial score (nSPS) is 14.4. The van der Waals surface area contributed by atoms with Crippen LogP contribution in [0.4, 0.5) is 10.6 Å². The van der Waals surface area contributed by atoms with Crippen molar-refractivity contribution in [2.24, 2.45) is 0 Å². The molecule has 0 radical (unpaired) electrons. The van der Waals surface area contributed by atoms with E-state index in [1.807, 2.05) is 6.07 Å². The van der Waals surface area contributed by atoms with Crippen molar-refractivity contribution >= 4 is 35.1 Å². The highest BCUT2D eigenvalue weighted by atomic mass is 35.5. The number of rotatable bonds is 5. The zero-order chi connectivity index (χ0) is 27.3. The molecule has 0 saturated heterocycles. The summed E-state index contributed by atoms with van der Waals surface area (Å²) in [6.45, 7) is 0. The van der Waals surface area contributed by atoms with Gasteiger partial charge in [-0.05, 0) is 65.2 Å². The number of fused-ring (bicyclic) bond motifs is 1. The summed E-state index contributed by atoms with van der Waals surface area (Å²) >= 11 is 12.8. The predicted molar refractivity (Wildman–Crippen MR) is 144 cm³/mol. The number of benzene rings is 1. The number of carboxylic acid groups (broad SMARTS) is 1. The van der Waals surface area contributed by atoms with Crippen LogP contribution in [-0.4, -0.2) is 58.0 Å². The minimum absolute atomic E-state index is 0.192. The van der Waals surface area contributed by atoms with Crippen LogP contribution in [0, 0.1) is 0 Å². The molecular formula is C25H19Cl2N9O3. The Morgan fingerprint density at radius 1 is 1.15 bits per heavy atom. The van der Waals surface area contributed by atoms with Gasteiger partial charge in [-0.25, -0.2) is 14.8 Å². The van der Waals surface area contributed by atoms with Crippen LogP contribution in [0.5, 0.6) is 0 Å². The predicted octanol–water partition coefficient (Wildman–Crippen LogP) is 4.23. The van der Waals surface area contributed by atoms with Gasteiger partial charge in [0.25, 0.3) is 5.56 Å². The van der Waals surface area contributed by atoms with Crippen LogP contribution in [0.2, 0.25) is 10.2 Å². The van der Waals surface area contributed by atoms with Crippen molar-refractivity contribution in [3.63, 3.8) is 0 Å². The molecule has 0 fully saturated rings. The Morgan fingerprint density at radius 3 is 2.72 bits per heavy atom. The highest BCUT2D eigenvalue weighted by Crippen LogP contribution is 2.37. The molecule has 196 valence electrons. The number of nitrogens with one attached hydrogen (secondary N) is 1.